The Labute approximate surface area is 142 Å². The van der Waals surface area contributed by atoms with Gasteiger partial charge in [-0.05, 0) is 36.4 Å². The molecule has 1 amide bonds. The molecule has 0 spiro atoms. The third kappa shape index (κ3) is 6.33. The summed E-state index contributed by atoms with van der Waals surface area (Å²) in [6.07, 6.45) is 2.63. The van der Waals surface area contributed by atoms with E-state index in [9.17, 15) is 9.59 Å². The third-order valence-electron chi connectivity index (χ3n) is 2.84. The van der Waals surface area contributed by atoms with Crippen LogP contribution >= 0.6 is 23.4 Å². The summed E-state index contributed by atoms with van der Waals surface area (Å²) in [4.78, 5) is 23.5. The smallest absolute Gasteiger partial charge is 0.325 e. The van der Waals surface area contributed by atoms with Gasteiger partial charge in [0.2, 0.25) is 5.91 Å². The highest BCUT2D eigenvalue weighted by molar-refractivity contribution is 7.99. The van der Waals surface area contributed by atoms with Gasteiger partial charge in [-0.2, -0.15) is 5.10 Å². The Morgan fingerprint density at radius 1 is 1.26 bits per heavy atom. The lowest BCUT2D eigenvalue weighted by Crippen LogP contribution is -2.13. The number of nitrogens with zero attached hydrogens (tertiary/aromatic N) is 2. The van der Waals surface area contributed by atoms with Gasteiger partial charge in [0, 0.05) is 28.6 Å². The molecule has 2 aromatic rings. The molecule has 0 aliphatic rings. The van der Waals surface area contributed by atoms with Gasteiger partial charge in [0.05, 0.1) is 0 Å². The molecule has 0 unspecified atom stereocenters. The molecule has 0 saturated heterocycles. The summed E-state index contributed by atoms with van der Waals surface area (Å²) < 4.78 is 1.26. The van der Waals surface area contributed by atoms with Crippen LogP contribution in [0.3, 0.4) is 0 Å². The van der Waals surface area contributed by atoms with E-state index in [4.69, 9.17) is 16.7 Å². The molecule has 2 N–H and O–H groups in total. The fourth-order valence-electron chi connectivity index (χ4n) is 1.81. The number of carboxylic acids is 1. The summed E-state index contributed by atoms with van der Waals surface area (Å²) in [7, 11) is 0. The first kappa shape index (κ1) is 17.4. The van der Waals surface area contributed by atoms with Crippen molar-refractivity contribution in [3.05, 3.63) is 41.6 Å². The van der Waals surface area contributed by atoms with Gasteiger partial charge in [0.15, 0.2) is 5.82 Å². The maximum atomic E-state index is 11.8. The van der Waals surface area contributed by atoms with Crippen molar-refractivity contribution >= 4 is 41.1 Å². The quantitative estimate of drug-likeness (QED) is 0.562. The number of aromatic nitrogens is 2. The number of carbonyl (C=O) groups is 2. The van der Waals surface area contributed by atoms with Crippen LogP contribution in [0.1, 0.15) is 12.8 Å². The average Bonchev–Trinajstić information content (AvgIpc) is 2.91. The van der Waals surface area contributed by atoms with Crippen LogP contribution in [0.4, 0.5) is 5.82 Å². The molecule has 0 aliphatic carbocycles. The number of carbonyl (C=O) groups excluding carboxylic acids is 1. The number of hydrogen-bond donors (Lipinski definition) is 2. The van der Waals surface area contributed by atoms with Crippen LogP contribution in [0.5, 0.6) is 0 Å². The zero-order valence-corrected chi connectivity index (χ0v) is 13.8. The largest absolute Gasteiger partial charge is 0.480 e. The number of rotatable bonds is 8. The fourth-order valence-corrected chi connectivity index (χ4v) is 2.79. The van der Waals surface area contributed by atoms with Crippen LogP contribution in [-0.4, -0.2) is 32.5 Å². The molecule has 0 fully saturated rings. The summed E-state index contributed by atoms with van der Waals surface area (Å²) in [6.45, 7) is -0.229. The number of thioether (sulfide) groups is 1. The molecular weight excluding hydrogens is 338 g/mol. The number of carboxylic acid groups (broad SMARTS) is 1. The summed E-state index contributed by atoms with van der Waals surface area (Å²) in [5.74, 6) is 0.0665. The third-order valence-corrected chi connectivity index (χ3v) is 4.19. The Hall–Kier alpha value is -1.99. The number of anilines is 1. The van der Waals surface area contributed by atoms with Gasteiger partial charge in [-0.1, -0.05) is 11.6 Å². The number of hydrogen-bond acceptors (Lipinski definition) is 4. The molecule has 0 atom stereocenters. The molecule has 0 bridgehead atoms. The molecule has 2 rings (SSSR count). The van der Waals surface area contributed by atoms with E-state index in [0.717, 1.165) is 17.1 Å². The molecule has 0 radical (unpaired) electrons. The first-order valence-electron chi connectivity index (χ1n) is 6.96. The standard InChI is InChI=1S/C15H16ClN3O3S/c16-11-3-5-12(6-4-11)23-9-1-2-14(20)17-13-7-8-19(18-13)10-15(21)22/h3-8H,1-2,9-10H2,(H,21,22)(H,17,18,20). The molecule has 8 heteroatoms. The fraction of sp³-hybridized carbons (Fsp3) is 0.267. The van der Waals surface area contributed by atoms with Crippen molar-refractivity contribution in [2.75, 3.05) is 11.1 Å². The molecule has 0 saturated carbocycles. The monoisotopic (exact) mass is 353 g/mol. The van der Waals surface area contributed by atoms with Crippen molar-refractivity contribution in [3.63, 3.8) is 0 Å². The van der Waals surface area contributed by atoms with Crippen molar-refractivity contribution < 1.29 is 14.7 Å². The van der Waals surface area contributed by atoms with Crippen LogP contribution < -0.4 is 5.32 Å². The lowest BCUT2D eigenvalue weighted by atomic mass is 10.3. The first-order valence-corrected chi connectivity index (χ1v) is 8.33. The van der Waals surface area contributed by atoms with E-state index >= 15 is 0 Å². The van der Waals surface area contributed by atoms with Crippen LogP contribution in [0, 0.1) is 0 Å². The van der Waals surface area contributed by atoms with Crippen LogP contribution in [0.25, 0.3) is 0 Å². The van der Waals surface area contributed by atoms with Crippen molar-refractivity contribution in [2.24, 2.45) is 0 Å². The number of benzene rings is 1. The Morgan fingerprint density at radius 3 is 2.70 bits per heavy atom. The zero-order chi connectivity index (χ0) is 16.7. The highest BCUT2D eigenvalue weighted by atomic mass is 35.5. The molecule has 1 heterocycles. The minimum atomic E-state index is -0.981. The summed E-state index contributed by atoms with van der Waals surface area (Å²) >= 11 is 7.48. The zero-order valence-electron chi connectivity index (χ0n) is 12.2. The van der Waals surface area contributed by atoms with E-state index in [1.165, 1.54) is 10.9 Å². The van der Waals surface area contributed by atoms with Gasteiger partial charge in [0.1, 0.15) is 6.54 Å². The minimum Gasteiger partial charge on any atom is -0.480 e. The van der Waals surface area contributed by atoms with Crippen molar-refractivity contribution in [1.82, 2.24) is 9.78 Å². The number of amides is 1. The van der Waals surface area contributed by atoms with E-state index in [0.29, 0.717) is 17.3 Å². The van der Waals surface area contributed by atoms with Gasteiger partial charge in [-0.25, -0.2) is 0 Å². The maximum Gasteiger partial charge on any atom is 0.325 e. The number of nitrogens with one attached hydrogen (secondary N) is 1. The van der Waals surface area contributed by atoms with Crippen LogP contribution in [-0.2, 0) is 16.1 Å². The van der Waals surface area contributed by atoms with E-state index in [2.05, 4.69) is 10.4 Å². The molecule has 0 aliphatic heterocycles. The van der Waals surface area contributed by atoms with Crippen LogP contribution in [0.15, 0.2) is 41.4 Å². The second kappa shape index (κ2) is 8.59. The van der Waals surface area contributed by atoms with Crippen molar-refractivity contribution in [1.29, 1.82) is 0 Å². The Kier molecular flexibility index (Phi) is 6.49. The normalized spacial score (nSPS) is 10.5. The molecule has 1 aromatic carbocycles. The van der Waals surface area contributed by atoms with Gasteiger partial charge in [-0.15, -0.1) is 11.8 Å². The highest BCUT2D eigenvalue weighted by Gasteiger charge is 2.06. The maximum absolute atomic E-state index is 11.8. The lowest BCUT2D eigenvalue weighted by Gasteiger charge is -2.03. The van der Waals surface area contributed by atoms with Gasteiger partial charge in [0.25, 0.3) is 0 Å². The minimum absolute atomic E-state index is 0.137. The van der Waals surface area contributed by atoms with Crippen molar-refractivity contribution in [3.8, 4) is 0 Å². The molecular formula is C15H16ClN3O3S. The van der Waals surface area contributed by atoms with Gasteiger partial charge >= 0.3 is 5.97 Å². The SMILES string of the molecule is O=C(O)Cn1ccc(NC(=O)CCCSc2ccc(Cl)cc2)n1. The predicted octanol–water partition coefficient (Wildman–Crippen LogP) is 3.13. The second-order valence-electron chi connectivity index (χ2n) is 4.75. The van der Waals surface area contributed by atoms with Crippen LogP contribution in [0.2, 0.25) is 5.02 Å². The second-order valence-corrected chi connectivity index (χ2v) is 6.35. The van der Waals surface area contributed by atoms with Crippen molar-refractivity contribution in [2.45, 2.75) is 24.3 Å². The number of halogens is 1. The molecule has 23 heavy (non-hydrogen) atoms. The molecule has 122 valence electrons. The number of aliphatic carboxylic acids is 1. The molecule has 6 nitrogen and oxygen atoms in total. The summed E-state index contributed by atoms with van der Waals surface area (Å²) in [5, 5.41) is 16.0. The van der Waals surface area contributed by atoms with E-state index in [1.807, 2.05) is 24.3 Å². The van der Waals surface area contributed by atoms with E-state index in [-0.39, 0.29) is 12.5 Å². The molecule has 1 aromatic heterocycles. The summed E-state index contributed by atoms with van der Waals surface area (Å²) in [5.41, 5.74) is 0. The topological polar surface area (TPSA) is 84.2 Å². The highest BCUT2D eigenvalue weighted by Crippen LogP contribution is 2.21. The van der Waals surface area contributed by atoms with Gasteiger partial charge < -0.3 is 10.4 Å². The van der Waals surface area contributed by atoms with E-state index < -0.39 is 5.97 Å². The average molecular weight is 354 g/mol. The van der Waals surface area contributed by atoms with Gasteiger partial charge in [-0.3, -0.25) is 14.3 Å². The Balaban J connectivity index is 1.67. The Bertz CT molecular complexity index is 673. The Morgan fingerprint density at radius 2 is 2.00 bits per heavy atom. The summed E-state index contributed by atoms with van der Waals surface area (Å²) in [6, 6.07) is 9.14. The lowest BCUT2D eigenvalue weighted by molar-refractivity contribution is -0.137. The first-order chi connectivity index (χ1) is 11.0. The van der Waals surface area contributed by atoms with E-state index in [1.54, 1.807) is 17.8 Å². The predicted molar refractivity (Wildman–Crippen MR) is 89.9 cm³/mol.